The molecule has 1 aliphatic heterocycles. The summed E-state index contributed by atoms with van der Waals surface area (Å²) in [5.41, 5.74) is -1.32. The topological polar surface area (TPSA) is 69.8 Å². The number of hydrogen-bond acceptors (Lipinski definition) is 5. The van der Waals surface area contributed by atoms with Gasteiger partial charge in [0.15, 0.2) is 0 Å². The molecule has 1 aromatic heterocycles. The van der Waals surface area contributed by atoms with E-state index in [0.717, 1.165) is 16.4 Å². The molecule has 1 aromatic rings. The molecule has 134 valence electrons. The highest BCUT2D eigenvalue weighted by Crippen LogP contribution is 2.45. The molecule has 1 N–H and O–H groups in total. The molecule has 0 bridgehead atoms. The lowest BCUT2D eigenvalue weighted by Crippen LogP contribution is -2.63. The Kier molecular flexibility index (Phi) is 4.37. The minimum absolute atomic E-state index is 0.0193. The van der Waals surface area contributed by atoms with Crippen LogP contribution in [0.3, 0.4) is 0 Å². The Balaban J connectivity index is 1.55. The van der Waals surface area contributed by atoms with Crippen LogP contribution in [0.5, 0.6) is 0 Å². The van der Waals surface area contributed by atoms with Crippen molar-refractivity contribution in [2.24, 2.45) is 0 Å². The predicted molar refractivity (Wildman–Crippen MR) is 81.6 cm³/mol. The van der Waals surface area contributed by atoms with Crippen LogP contribution in [-0.4, -0.2) is 63.5 Å². The van der Waals surface area contributed by atoms with E-state index in [2.05, 4.69) is 4.98 Å². The highest BCUT2D eigenvalue weighted by Gasteiger charge is 2.62. The van der Waals surface area contributed by atoms with E-state index in [-0.39, 0.29) is 25.9 Å². The molecule has 0 aromatic carbocycles. The fourth-order valence-electron chi connectivity index (χ4n) is 3.13. The standard InChI is InChI=1S/C16H23F2N3O3/c1-11-12(2)24-13(19-11)10-20-6-8-21(9-7-20)14(22)16(17,18)15(23)4-3-5-15/h23H,3-10H2,1-2H3. The number of aliphatic hydroxyl groups is 1. The van der Waals surface area contributed by atoms with E-state index in [1.165, 1.54) is 0 Å². The highest BCUT2D eigenvalue weighted by atomic mass is 19.3. The lowest BCUT2D eigenvalue weighted by Gasteiger charge is -2.44. The summed E-state index contributed by atoms with van der Waals surface area (Å²) in [7, 11) is 0. The smallest absolute Gasteiger partial charge is 0.352 e. The Bertz CT molecular complexity index is 601. The summed E-state index contributed by atoms with van der Waals surface area (Å²) in [5.74, 6) is -3.59. The summed E-state index contributed by atoms with van der Waals surface area (Å²) in [4.78, 5) is 19.6. The predicted octanol–water partition coefficient (Wildman–Crippen LogP) is 1.49. The van der Waals surface area contributed by atoms with Gasteiger partial charge in [0.05, 0.1) is 12.2 Å². The van der Waals surface area contributed by atoms with E-state index in [0.29, 0.717) is 31.9 Å². The summed E-state index contributed by atoms with van der Waals surface area (Å²) >= 11 is 0. The molecule has 6 nitrogen and oxygen atoms in total. The minimum Gasteiger partial charge on any atom is -0.444 e. The van der Waals surface area contributed by atoms with Gasteiger partial charge in [-0.2, -0.15) is 8.78 Å². The number of halogens is 2. The number of oxazole rings is 1. The van der Waals surface area contributed by atoms with Gasteiger partial charge < -0.3 is 14.4 Å². The van der Waals surface area contributed by atoms with E-state index in [9.17, 15) is 18.7 Å². The van der Waals surface area contributed by atoms with Gasteiger partial charge in [0.25, 0.3) is 5.91 Å². The number of carbonyl (C=O) groups excluding carboxylic acids is 1. The Labute approximate surface area is 139 Å². The van der Waals surface area contributed by atoms with Gasteiger partial charge >= 0.3 is 5.92 Å². The lowest BCUT2D eigenvalue weighted by atomic mass is 9.75. The van der Waals surface area contributed by atoms with Crippen LogP contribution in [0.1, 0.15) is 36.6 Å². The van der Waals surface area contributed by atoms with Crippen LogP contribution in [-0.2, 0) is 11.3 Å². The van der Waals surface area contributed by atoms with E-state index in [4.69, 9.17) is 4.42 Å². The second kappa shape index (κ2) is 6.07. The van der Waals surface area contributed by atoms with Crippen LogP contribution < -0.4 is 0 Å². The number of rotatable bonds is 4. The number of amides is 1. The number of aryl methyl sites for hydroxylation is 2. The molecule has 1 aliphatic carbocycles. The fourth-order valence-corrected chi connectivity index (χ4v) is 3.13. The van der Waals surface area contributed by atoms with Gasteiger partial charge in [-0.25, -0.2) is 4.98 Å². The van der Waals surface area contributed by atoms with Crippen LogP contribution in [0.15, 0.2) is 4.42 Å². The quantitative estimate of drug-likeness (QED) is 0.897. The van der Waals surface area contributed by atoms with Crippen LogP contribution >= 0.6 is 0 Å². The zero-order valence-electron chi connectivity index (χ0n) is 14.0. The molecule has 1 saturated heterocycles. The monoisotopic (exact) mass is 343 g/mol. The number of carbonyl (C=O) groups is 1. The Hall–Kier alpha value is -1.54. The van der Waals surface area contributed by atoms with Gasteiger partial charge in [0.1, 0.15) is 11.4 Å². The van der Waals surface area contributed by atoms with E-state index < -0.39 is 17.4 Å². The third kappa shape index (κ3) is 2.93. The van der Waals surface area contributed by atoms with E-state index >= 15 is 0 Å². The molecule has 0 radical (unpaired) electrons. The van der Waals surface area contributed by atoms with Gasteiger partial charge in [0.2, 0.25) is 5.89 Å². The number of hydrogen-bond donors (Lipinski definition) is 1. The van der Waals surface area contributed by atoms with Crippen molar-refractivity contribution >= 4 is 5.91 Å². The first-order chi connectivity index (χ1) is 11.2. The molecule has 8 heteroatoms. The molecule has 3 rings (SSSR count). The molecular formula is C16H23F2N3O3. The molecule has 0 atom stereocenters. The number of alkyl halides is 2. The molecular weight excluding hydrogens is 320 g/mol. The average molecular weight is 343 g/mol. The molecule has 2 aliphatic rings. The zero-order valence-corrected chi connectivity index (χ0v) is 14.0. The van der Waals surface area contributed by atoms with Crippen molar-refractivity contribution < 1.29 is 23.1 Å². The highest BCUT2D eigenvalue weighted by molar-refractivity contribution is 5.85. The molecule has 0 unspecified atom stereocenters. The molecule has 24 heavy (non-hydrogen) atoms. The van der Waals surface area contributed by atoms with Crippen molar-refractivity contribution in [3.8, 4) is 0 Å². The summed E-state index contributed by atoms with van der Waals surface area (Å²) in [6, 6.07) is 0. The van der Waals surface area contributed by atoms with Crippen LogP contribution in [0, 0.1) is 13.8 Å². The fraction of sp³-hybridized carbons (Fsp3) is 0.750. The summed E-state index contributed by atoms with van der Waals surface area (Å²) in [6.07, 6.45) is 0.491. The maximum absolute atomic E-state index is 14.2. The Morgan fingerprint density at radius 1 is 1.29 bits per heavy atom. The molecule has 1 saturated carbocycles. The van der Waals surface area contributed by atoms with Gasteiger partial charge in [-0.15, -0.1) is 0 Å². The van der Waals surface area contributed by atoms with Crippen molar-refractivity contribution in [2.45, 2.75) is 51.2 Å². The van der Waals surface area contributed by atoms with Crippen molar-refractivity contribution in [1.29, 1.82) is 0 Å². The maximum atomic E-state index is 14.2. The van der Waals surface area contributed by atoms with Crippen LogP contribution in [0.2, 0.25) is 0 Å². The second-order valence-corrected chi connectivity index (χ2v) is 6.78. The summed E-state index contributed by atoms with van der Waals surface area (Å²) in [6.45, 7) is 5.58. The van der Waals surface area contributed by atoms with Gasteiger partial charge in [0, 0.05) is 26.2 Å². The number of nitrogens with zero attached hydrogens (tertiary/aromatic N) is 3. The van der Waals surface area contributed by atoms with Crippen LogP contribution in [0.25, 0.3) is 0 Å². The van der Waals surface area contributed by atoms with Crippen LogP contribution in [0.4, 0.5) is 8.78 Å². The zero-order chi connectivity index (χ0) is 17.5. The Morgan fingerprint density at radius 3 is 2.38 bits per heavy atom. The van der Waals surface area contributed by atoms with Gasteiger partial charge in [-0.3, -0.25) is 9.69 Å². The van der Waals surface area contributed by atoms with Crippen molar-refractivity contribution in [1.82, 2.24) is 14.8 Å². The molecule has 2 heterocycles. The largest absolute Gasteiger partial charge is 0.444 e. The Morgan fingerprint density at radius 2 is 1.92 bits per heavy atom. The number of piperazine rings is 1. The normalized spacial score (nSPS) is 21.6. The summed E-state index contributed by atoms with van der Waals surface area (Å²) < 4.78 is 34.0. The lowest BCUT2D eigenvalue weighted by molar-refractivity contribution is -0.224. The van der Waals surface area contributed by atoms with Crippen molar-refractivity contribution in [3.05, 3.63) is 17.3 Å². The third-order valence-electron chi connectivity index (χ3n) is 5.12. The SMILES string of the molecule is Cc1nc(CN2CCN(C(=O)C(F)(F)C3(O)CCC3)CC2)oc1C. The minimum atomic E-state index is -3.70. The first kappa shape index (κ1) is 17.3. The third-order valence-corrected chi connectivity index (χ3v) is 5.12. The van der Waals surface area contributed by atoms with Crippen molar-refractivity contribution in [3.63, 3.8) is 0 Å². The van der Waals surface area contributed by atoms with Crippen molar-refractivity contribution in [2.75, 3.05) is 26.2 Å². The van der Waals surface area contributed by atoms with Gasteiger partial charge in [-0.05, 0) is 33.1 Å². The second-order valence-electron chi connectivity index (χ2n) is 6.78. The first-order valence-electron chi connectivity index (χ1n) is 8.28. The maximum Gasteiger partial charge on any atom is 0.352 e. The van der Waals surface area contributed by atoms with E-state index in [1.807, 2.05) is 18.7 Å². The van der Waals surface area contributed by atoms with Gasteiger partial charge in [-0.1, -0.05) is 0 Å². The number of aromatic nitrogens is 1. The molecule has 1 amide bonds. The van der Waals surface area contributed by atoms with E-state index in [1.54, 1.807) is 0 Å². The molecule has 0 spiro atoms. The summed E-state index contributed by atoms with van der Waals surface area (Å²) in [5, 5.41) is 9.89. The average Bonchev–Trinajstić information content (AvgIpc) is 2.82. The molecule has 2 fully saturated rings. The first-order valence-corrected chi connectivity index (χ1v) is 8.28.